The van der Waals surface area contributed by atoms with E-state index in [0.717, 1.165) is 29.8 Å². The molecule has 0 spiro atoms. The van der Waals surface area contributed by atoms with E-state index in [2.05, 4.69) is 16.6 Å². The highest BCUT2D eigenvalue weighted by Crippen LogP contribution is 2.17. The molecular weight excluding hydrogens is 569 g/mol. The Morgan fingerprint density at radius 3 is 2.12 bits per heavy atom. The van der Waals surface area contributed by atoms with Crippen molar-refractivity contribution >= 4 is 44.9 Å². The van der Waals surface area contributed by atoms with Gasteiger partial charge in [-0.25, -0.2) is 8.42 Å². The predicted octanol–water partition coefficient (Wildman–Crippen LogP) is 0.408. The molecule has 0 saturated carbocycles. The van der Waals surface area contributed by atoms with Crippen LogP contribution in [0, 0.1) is 28.9 Å². The van der Waals surface area contributed by atoms with Crippen LogP contribution in [0.5, 0.6) is 0 Å². The van der Waals surface area contributed by atoms with E-state index in [1.54, 1.807) is 19.1 Å². The van der Waals surface area contributed by atoms with Crippen molar-refractivity contribution in [2.24, 2.45) is 0 Å². The summed E-state index contributed by atoms with van der Waals surface area (Å²) in [6.07, 6.45) is -0.196. The quantitative estimate of drug-likeness (QED) is 0.105. The number of carbonyl (C=O) groups excluding carboxylic acids is 2. The molecule has 1 saturated heterocycles. The number of hydrogen-bond acceptors (Lipinski definition) is 12. The van der Waals surface area contributed by atoms with Gasteiger partial charge in [-0.05, 0) is 38.2 Å². The molecule has 1 heterocycles. The van der Waals surface area contributed by atoms with E-state index in [0.29, 0.717) is 0 Å². The number of hydrogen-bond donors (Lipinski definition) is 1. The zero-order valence-electron chi connectivity index (χ0n) is 21.3. The van der Waals surface area contributed by atoms with Crippen molar-refractivity contribution in [3.8, 4) is 11.8 Å². The first kappa shape index (κ1) is 30.7. The molecule has 3 rings (SSSR count). The van der Waals surface area contributed by atoms with Gasteiger partial charge in [0.15, 0.2) is 0 Å². The lowest BCUT2D eigenvalue weighted by molar-refractivity contribution is -0.384. The molecule has 17 heteroatoms. The largest absolute Gasteiger partial charge is 0.631 e. The van der Waals surface area contributed by atoms with Crippen LogP contribution in [0.2, 0.25) is 0 Å². The van der Waals surface area contributed by atoms with Gasteiger partial charge in [0.2, 0.25) is 10.0 Å². The van der Waals surface area contributed by atoms with Crippen molar-refractivity contribution in [3.05, 3.63) is 64.2 Å². The van der Waals surface area contributed by atoms with Crippen LogP contribution >= 0.6 is 0 Å². The number of nitrogens with zero attached hydrogens (tertiary/aromatic N) is 2. The van der Waals surface area contributed by atoms with Crippen LogP contribution in [0.1, 0.15) is 12.0 Å². The van der Waals surface area contributed by atoms with Crippen molar-refractivity contribution in [1.82, 2.24) is 9.62 Å². The lowest BCUT2D eigenvalue weighted by atomic mass is 9.78. The van der Waals surface area contributed by atoms with Crippen LogP contribution in [0.15, 0.2) is 58.3 Å². The Morgan fingerprint density at radius 1 is 1.02 bits per heavy atom. The van der Waals surface area contributed by atoms with Gasteiger partial charge in [0.05, 0.1) is 34.4 Å². The standard InChI is InChI=1S/C23H24BN3O11S2/c1-17-6-10-20(11-7-17)40(34,35)36-14-4-3-5-21(24-37-22(28)15-26(2)16-23(29)38-24)25-39(32,33)19-12-8-18(9-13-19)27(30)31/h6-13,21,25H,4,14-16H2,1-2H3. The van der Waals surface area contributed by atoms with Crippen LogP contribution < -0.4 is 4.72 Å². The third-order valence-electron chi connectivity index (χ3n) is 5.24. The molecule has 0 amide bonds. The fourth-order valence-corrected chi connectivity index (χ4v) is 5.33. The van der Waals surface area contributed by atoms with Crippen molar-refractivity contribution in [1.29, 1.82) is 0 Å². The number of rotatable bonds is 9. The summed E-state index contributed by atoms with van der Waals surface area (Å²) >= 11 is 0. The van der Waals surface area contributed by atoms with E-state index in [1.165, 1.54) is 24.1 Å². The fourth-order valence-electron chi connectivity index (χ4n) is 3.28. The maximum atomic E-state index is 13.0. The molecule has 0 aromatic heterocycles. The van der Waals surface area contributed by atoms with Crippen LogP contribution in [0.3, 0.4) is 0 Å². The summed E-state index contributed by atoms with van der Waals surface area (Å²) in [5.41, 5.74) is 0.511. The number of nitro benzene ring substituents is 1. The third-order valence-corrected chi connectivity index (χ3v) is 8.02. The molecule has 0 bridgehead atoms. The van der Waals surface area contributed by atoms with Crippen molar-refractivity contribution < 1.29 is 44.8 Å². The molecule has 2 aromatic carbocycles. The first-order valence-electron chi connectivity index (χ1n) is 11.6. The van der Waals surface area contributed by atoms with Crippen molar-refractivity contribution in [3.63, 3.8) is 0 Å². The summed E-state index contributed by atoms with van der Waals surface area (Å²) in [5, 5.41) is 10.9. The predicted molar refractivity (Wildman–Crippen MR) is 139 cm³/mol. The minimum atomic E-state index is -4.42. The summed E-state index contributed by atoms with van der Waals surface area (Å²) in [6.45, 7) is 0.833. The minimum absolute atomic E-state index is 0.0573. The maximum Gasteiger partial charge on any atom is 0.631 e. The minimum Gasteiger partial charge on any atom is -0.497 e. The highest BCUT2D eigenvalue weighted by atomic mass is 32.2. The number of benzene rings is 2. The van der Waals surface area contributed by atoms with Crippen LogP contribution in [-0.2, 0) is 43.2 Å². The Morgan fingerprint density at radius 2 is 1.57 bits per heavy atom. The number of likely N-dealkylation sites (N-methyl/N-ethyl adjacent to an activating group) is 1. The van der Waals surface area contributed by atoms with E-state index >= 15 is 0 Å². The zero-order valence-corrected chi connectivity index (χ0v) is 22.9. The van der Waals surface area contributed by atoms with Gasteiger partial charge in [0.1, 0.15) is 5.94 Å². The Bertz CT molecular complexity index is 1520. The van der Waals surface area contributed by atoms with Crippen molar-refractivity contribution in [2.45, 2.75) is 29.1 Å². The zero-order chi connectivity index (χ0) is 29.5. The van der Waals surface area contributed by atoms with Gasteiger partial charge in [0, 0.05) is 18.6 Å². The summed E-state index contributed by atoms with van der Waals surface area (Å²) in [6, 6.07) is 9.90. The second-order valence-electron chi connectivity index (χ2n) is 8.53. The van der Waals surface area contributed by atoms with Gasteiger partial charge >= 0.3 is 19.1 Å². The number of nitrogens with one attached hydrogen (secondary N) is 1. The molecule has 0 aliphatic carbocycles. The first-order valence-corrected chi connectivity index (χ1v) is 14.4. The number of nitro groups is 1. The first-order chi connectivity index (χ1) is 18.8. The third kappa shape index (κ3) is 8.59. The molecule has 1 unspecified atom stereocenters. The average molecular weight is 593 g/mol. The fraction of sp³-hybridized carbons (Fsp3) is 0.304. The lowest BCUT2D eigenvalue weighted by Crippen LogP contribution is -2.53. The monoisotopic (exact) mass is 593 g/mol. The topological polar surface area (TPSA) is 189 Å². The molecule has 40 heavy (non-hydrogen) atoms. The maximum absolute atomic E-state index is 13.0. The Hall–Kier alpha value is -3.82. The van der Waals surface area contributed by atoms with Crippen LogP contribution in [0.25, 0.3) is 0 Å². The van der Waals surface area contributed by atoms with Gasteiger partial charge in [-0.3, -0.25) is 28.8 Å². The average Bonchev–Trinajstić information content (AvgIpc) is 2.86. The highest BCUT2D eigenvalue weighted by Gasteiger charge is 2.41. The molecular formula is C23H24BN3O11S2. The van der Waals surface area contributed by atoms with Gasteiger partial charge in [-0.2, -0.15) is 13.1 Å². The molecule has 1 aliphatic heterocycles. The van der Waals surface area contributed by atoms with E-state index in [-0.39, 0.29) is 41.6 Å². The lowest BCUT2D eigenvalue weighted by Gasteiger charge is -2.25. The smallest absolute Gasteiger partial charge is 0.497 e. The molecule has 1 aliphatic rings. The molecule has 212 valence electrons. The normalized spacial score (nSPS) is 15.6. The van der Waals surface area contributed by atoms with E-state index in [4.69, 9.17) is 13.5 Å². The summed E-state index contributed by atoms with van der Waals surface area (Å²) in [5.74, 6) is 1.76. The number of sulfonamides is 1. The molecule has 14 nitrogen and oxygen atoms in total. The molecule has 1 fully saturated rings. The molecule has 1 atom stereocenters. The summed E-state index contributed by atoms with van der Waals surface area (Å²) < 4.78 is 68.1. The van der Waals surface area contributed by atoms with E-state index in [1.807, 2.05) is 0 Å². The number of aryl methyl sites for hydroxylation is 1. The number of non-ortho nitro benzene ring substituents is 1. The van der Waals surface area contributed by atoms with Crippen LogP contribution in [0.4, 0.5) is 5.69 Å². The Labute approximate surface area is 231 Å². The Kier molecular flexibility index (Phi) is 10.0. The van der Waals surface area contributed by atoms with Crippen molar-refractivity contribution in [2.75, 3.05) is 26.7 Å². The second kappa shape index (κ2) is 13.0. The number of carbonyl (C=O) groups is 2. The van der Waals surface area contributed by atoms with Crippen LogP contribution in [-0.4, -0.2) is 78.4 Å². The molecule has 2 aromatic rings. The highest BCUT2D eigenvalue weighted by molar-refractivity contribution is 7.89. The van der Waals surface area contributed by atoms with Gasteiger partial charge in [0.25, 0.3) is 15.8 Å². The SMILES string of the molecule is Cc1ccc(S(=O)(=O)OCCC#CC(NS(=O)(=O)c2ccc([N+](=O)[O-])cc2)B2OC(=O)CN(C)CC(=O)O2)cc1. The molecule has 0 radical (unpaired) electrons. The van der Waals surface area contributed by atoms with Gasteiger partial charge in [-0.1, -0.05) is 29.5 Å². The molecule has 1 N–H and O–H groups in total. The van der Waals surface area contributed by atoms with Gasteiger partial charge < -0.3 is 9.31 Å². The summed E-state index contributed by atoms with van der Waals surface area (Å²) in [4.78, 5) is 35.5. The van der Waals surface area contributed by atoms with E-state index in [9.17, 15) is 36.5 Å². The second-order valence-corrected chi connectivity index (χ2v) is 11.9. The van der Waals surface area contributed by atoms with E-state index < -0.39 is 50.1 Å². The Balaban J connectivity index is 1.80. The van der Waals surface area contributed by atoms with Gasteiger partial charge in [-0.15, -0.1) is 0 Å². The summed E-state index contributed by atoms with van der Waals surface area (Å²) in [7, 11) is -8.80.